The fourth-order valence-corrected chi connectivity index (χ4v) is 1.14. The van der Waals surface area contributed by atoms with Crippen LogP contribution in [-0.4, -0.2) is 0 Å². The van der Waals surface area contributed by atoms with Gasteiger partial charge in [-0.25, -0.2) is 0 Å². The van der Waals surface area contributed by atoms with Gasteiger partial charge in [0.15, 0.2) is 0 Å². The SMILES string of the molecule is [CH]C=CCCCCCCCC. The van der Waals surface area contributed by atoms with Crippen molar-refractivity contribution in [2.24, 2.45) is 0 Å². The molecule has 11 heavy (non-hydrogen) atoms. The molecule has 0 heterocycles. The van der Waals surface area contributed by atoms with Gasteiger partial charge in [-0.2, -0.15) is 0 Å². The lowest BCUT2D eigenvalue weighted by Crippen LogP contribution is -1.77. The van der Waals surface area contributed by atoms with Crippen molar-refractivity contribution in [1.29, 1.82) is 0 Å². The van der Waals surface area contributed by atoms with Gasteiger partial charge in [0, 0.05) is 0 Å². The Morgan fingerprint density at radius 3 is 2.27 bits per heavy atom. The summed E-state index contributed by atoms with van der Waals surface area (Å²) in [6.07, 6.45) is 13.0. The molecule has 0 aromatic rings. The molecule has 0 aromatic heterocycles. The van der Waals surface area contributed by atoms with E-state index in [9.17, 15) is 0 Å². The van der Waals surface area contributed by atoms with Crippen molar-refractivity contribution in [2.75, 3.05) is 0 Å². The summed E-state index contributed by atoms with van der Waals surface area (Å²) < 4.78 is 0. The van der Waals surface area contributed by atoms with Crippen LogP contribution >= 0.6 is 0 Å². The predicted molar refractivity (Wildman–Crippen MR) is 51.4 cm³/mol. The summed E-state index contributed by atoms with van der Waals surface area (Å²) in [6.45, 7) is 7.46. The molecule has 0 atom stereocenters. The molecule has 0 fully saturated rings. The largest absolute Gasteiger partial charge is 0.0882 e. The van der Waals surface area contributed by atoms with Crippen LogP contribution in [0, 0.1) is 6.92 Å². The molecule has 0 aromatic carbocycles. The number of hydrogen-bond acceptors (Lipinski definition) is 0. The van der Waals surface area contributed by atoms with Crippen LogP contribution in [-0.2, 0) is 0 Å². The van der Waals surface area contributed by atoms with Crippen LogP contribution in [0.4, 0.5) is 0 Å². The van der Waals surface area contributed by atoms with Gasteiger partial charge in [0.05, 0.1) is 0 Å². The van der Waals surface area contributed by atoms with Crippen LogP contribution in [0.2, 0.25) is 0 Å². The van der Waals surface area contributed by atoms with Gasteiger partial charge in [0.25, 0.3) is 0 Å². The second-order valence-corrected chi connectivity index (χ2v) is 2.98. The molecule has 0 aliphatic rings. The predicted octanol–water partition coefficient (Wildman–Crippen LogP) is 4.00. The maximum atomic E-state index is 5.21. The van der Waals surface area contributed by atoms with E-state index in [2.05, 4.69) is 6.92 Å². The van der Waals surface area contributed by atoms with Gasteiger partial charge in [-0.3, -0.25) is 0 Å². The van der Waals surface area contributed by atoms with E-state index in [1.807, 2.05) is 6.08 Å². The summed E-state index contributed by atoms with van der Waals surface area (Å²) >= 11 is 0. The van der Waals surface area contributed by atoms with Crippen molar-refractivity contribution < 1.29 is 0 Å². The van der Waals surface area contributed by atoms with Crippen LogP contribution in [0.1, 0.15) is 51.9 Å². The maximum Gasteiger partial charge on any atom is -0.00958 e. The minimum atomic E-state index is 1.16. The van der Waals surface area contributed by atoms with E-state index in [0.717, 1.165) is 6.42 Å². The molecule has 0 saturated heterocycles. The average Bonchev–Trinajstić information content (AvgIpc) is 2.03. The first-order valence-corrected chi connectivity index (χ1v) is 4.78. The summed E-state index contributed by atoms with van der Waals surface area (Å²) in [5.74, 6) is 0. The molecule has 0 nitrogen and oxygen atoms in total. The Kier molecular flexibility index (Phi) is 9.51. The number of unbranched alkanes of at least 4 members (excludes halogenated alkanes) is 6. The van der Waals surface area contributed by atoms with E-state index in [1.54, 1.807) is 6.08 Å². The number of hydrogen-bond donors (Lipinski definition) is 0. The van der Waals surface area contributed by atoms with Crippen LogP contribution in [0.25, 0.3) is 0 Å². The summed E-state index contributed by atoms with van der Waals surface area (Å²) in [5.41, 5.74) is 0. The molecule has 64 valence electrons. The van der Waals surface area contributed by atoms with E-state index < -0.39 is 0 Å². The van der Waals surface area contributed by atoms with Crippen molar-refractivity contribution in [3.05, 3.63) is 19.1 Å². The fourth-order valence-electron chi connectivity index (χ4n) is 1.14. The molecule has 0 aliphatic heterocycles. The molecular weight excluding hydrogens is 132 g/mol. The quantitative estimate of drug-likeness (QED) is 0.484. The van der Waals surface area contributed by atoms with E-state index in [-0.39, 0.29) is 0 Å². The van der Waals surface area contributed by atoms with Crippen LogP contribution in [0.15, 0.2) is 12.2 Å². The minimum Gasteiger partial charge on any atom is -0.0882 e. The smallest absolute Gasteiger partial charge is 0.00958 e. The zero-order valence-electron chi connectivity index (χ0n) is 7.68. The van der Waals surface area contributed by atoms with Crippen LogP contribution in [0.5, 0.6) is 0 Å². The Labute approximate surface area is 71.7 Å². The molecule has 0 rings (SSSR count). The summed E-state index contributed by atoms with van der Waals surface area (Å²) in [4.78, 5) is 0. The lowest BCUT2D eigenvalue weighted by molar-refractivity contribution is 0.611. The molecule has 0 N–H and O–H groups in total. The molecule has 0 saturated carbocycles. The third kappa shape index (κ3) is 9.74. The highest BCUT2D eigenvalue weighted by atomic mass is 13.9. The summed E-state index contributed by atoms with van der Waals surface area (Å²) in [6, 6.07) is 0. The number of allylic oxidation sites excluding steroid dienone is 2. The second-order valence-electron chi connectivity index (χ2n) is 2.98. The van der Waals surface area contributed by atoms with Gasteiger partial charge in [-0.15, -0.1) is 0 Å². The van der Waals surface area contributed by atoms with Crippen molar-refractivity contribution in [3.8, 4) is 0 Å². The normalized spacial score (nSPS) is 11.1. The topological polar surface area (TPSA) is 0 Å². The standard InChI is InChI=1S/C11H20/c1-3-5-7-9-11-10-8-6-4-2/h1,3,5H,4,6-11H2,2H3. The molecule has 0 spiro atoms. The number of rotatable bonds is 7. The van der Waals surface area contributed by atoms with E-state index in [4.69, 9.17) is 6.92 Å². The van der Waals surface area contributed by atoms with Crippen LogP contribution < -0.4 is 0 Å². The molecular formula is C11H20. The first-order valence-electron chi connectivity index (χ1n) is 4.78. The maximum absolute atomic E-state index is 5.21. The van der Waals surface area contributed by atoms with E-state index in [0.29, 0.717) is 0 Å². The lowest BCUT2D eigenvalue weighted by Gasteiger charge is -1.96. The zero-order chi connectivity index (χ0) is 8.36. The Balaban J connectivity index is 2.79. The molecule has 2 radical (unpaired) electrons. The molecule has 0 heteroatoms. The first kappa shape index (κ1) is 10.7. The highest BCUT2D eigenvalue weighted by Crippen LogP contribution is 2.06. The molecule has 0 unspecified atom stereocenters. The van der Waals surface area contributed by atoms with Gasteiger partial charge in [0.1, 0.15) is 0 Å². The molecule has 0 bridgehead atoms. The third-order valence-electron chi connectivity index (χ3n) is 1.86. The highest BCUT2D eigenvalue weighted by molar-refractivity contribution is 4.83. The van der Waals surface area contributed by atoms with Gasteiger partial charge >= 0.3 is 0 Å². The first-order chi connectivity index (χ1) is 5.41. The third-order valence-corrected chi connectivity index (χ3v) is 1.86. The van der Waals surface area contributed by atoms with E-state index >= 15 is 0 Å². The Morgan fingerprint density at radius 2 is 1.64 bits per heavy atom. The Hall–Kier alpha value is -0.260. The van der Waals surface area contributed by atoms with Crippen molar-refractivity contribution in [1.82, 2.24) is 0 Å². The van der Waals surface area contributed by atoms with Crippen molar-refractivity contribution in [3.63, 3.8) is 0 Å². The molecule has 0 aliphatic carbocycles. The monoisotopic (exact) mass is 152 g/mol. The van der Waals surface area contributed by atoms with Crippen LogP contribution in [0.3, 0.4) is 0 Å². The second kappa shape index (κ2) is 9.74. The van der Waals surface area contributed by atoms with E-state index in [1.165, 1.54) is 38.5 Å². The Morgan fingerprint density at radius 1 is 1.00 bits per heavy atom. The molecule has 0 amide bonds. The van der Waals surface area contributed by atoms with Gasteiger partial charge in [-0.1, -0.05) is 51.2 Å². The minimum absolute atomic E-state index is 1.16. The fraction of sp³-hybridized carbons (Fsp3) is 0.727. The highest BCUT2D eigenvalue weighted by Gasteiger charge is 1.86. The average molecular weight is 152 g/mol. The summed E-state index contributed by atoms with van der Waals surface area (Å²) in [5, 5.41) is 0. The van der Waals surface area contributed by atoms with Crippen molar-refractivity contribution >= 4 is 0 Å². The van der Waals surface area contributed by atoms with Crippen molar-refractivity contribution in [2.45, 2.75) is 51.9 Å². The van der Waals surface area contributed by atoms with Gasteiger partial charge in [-0.05, 0) is 19.8 Å². The van der Waals surface area contributed by atoms with Gasteiger partial charge in [0.2, 0.25) is 0 Å². The van der Waals surface area contributed by atoms with Gasteiger partial charge < -0.3 is 0 Å². The zero-order valence-corrected chi connectivity index (χ0v) is 7.68. The lowest BCUT2D eigenvalue weighted by atomic mass is 10.1. The Bertz CT molecular complexity index is 82.0. The summed E-state index contributed by atoms with van der Waals surface area (Å²) in [7, 11) is 0.